The summed E-state index contributed by atoms with van der Waals surface area (Å²) >= 11 is 0. The maximum atomic E-state index is 11.3. The van der Waals surface area contributed by atoms with Gasteiger partial charge in [-0.05, 0) is 32.4 Å². The number of carboxylic acids is 1. The summed E-state index contributed by atoms with van der Waals surface area (Å²) in [5.41, 5.74) is -0.675. The molecule has 0 bridgehead atoms. The second kappa shape index (κ2) is 5.64. The highest BCUT2D eigenvalue weighted by molar-refractivity contribution is 5.75. The maximum Gasteiger partial charge on any atom is 0.313 e. The number of aliphatic carboxylic acids is 1. The van der Waals surface area contributed by atoms with Gasteiger partial charge < -0.3 is 14.7 Å². The van der Waals surface area contributed by atoms with E-state index in [4.69, 9.17) is 4.74 Å². The molecule has 4 nitrogen and oxygen atoms in total. The minimum atomic E-state index is -0.721. The molecule has 94 valence electrons. The van der Waals surface area contributed by atoms with E-state index in [9.17, 15) is 9.90 Å². The van der Waals surface area contributed by atoms with E-state index in [1.165, 1.54) is 0 Å². The van der Waals surface area contributed by atoms with Gasteiger partial charge in [-0.1, -0.05) is 13.8 Å². The van der Waals surface area contributed by atoms with E-state index in [1.807, 2.05) is 7.05 Å². The van der Waals surface area contributed by atoms with E-state index in [1.54, 1.807) is 0 Å². The summed E-state index contributed by atoms with van der Waals surface area (Å²) in [6.45, 7) is 6.83. The summed E-state index contributed by atoms with van der Waals surface area (Å²) in [4.78, 5) is 13.4. The van der Waals surface area contributed by atoms with Crippen molar-refractivity contribution in [3.05, 3.63) is 0 Å². The quantitative estimate of drug-likeness (QED) is 0.749. The van der Waals surface area contributed by atoms with Crippen LogP contribution >= 0.6 is 0 Å². The van der Waals surface area contributed by atoms with Crippen LogP contribution in [-0.2, 0) is 9.53 Å². The monoisotopic (exact) mass is 229 g/mol. The van der Waals surface area contributed by atoms with E-state index < -0.39 is 11.4 Å². The van der Waals surface area contributed by atoms with Gasteiger partial charge >= 0.3 is 5.97 Å². The SMILES string of the molecule is CC(C)CCN(C)CC1(C(=O)O)CCOC1. The zero-order chi connectivity index (χ0) is 12.2. The van der Waals surface area contributed by atoms with Crippen LogP contribution in [-0.4, -0.2) is 49.3 Å². The lowest BCUT2D eigenvalue weighted by atomic mass is 9.87. The molecule has 0 aromatic rings. The summed E-state index contributed by atoms with van der Waals surface area (Å²) in [5.74, 6) is -0.0653. The van der Waals surface area contributed by atoms with Crippen LogP contribution < -0.4 is 0 Å². The molecule has 0 aromatic heterocycles. The summed E-state index contributed by atoms with van der Waals surface area (Å²) < 4.78 is 5.24. The van der Waals surface area contributed by atoms with Gasteiger partial charge in [-0.15, -0.1) is 0 Å². The van der Waals surface area contributed by atoms with Crippen LogP contribution in [0.25, 0.3) is 0 Å². The minimum absolute atomic E-state index is 0.356. The Hall–Kier alpha value is -0.610. The van der Waals surface area contributed by atoms with Crippen molar-refractivity contribution in [1.29, 1.82) is 0 Å². The fraction of sp³-hybridized carbons (Fsp3) is 0.917. The first-order valence-corrected chi connectivity index (χ1v) is 5.96. The van der Waals surface area contributed by atoms with Crippen molar-refractivity contribution in [2.24, 2.45) is 11.3 Å². The molecule has 0 amide bonds. The highest BCUT2D eigenvalue weighted by atomic mass is 16.5. The van der Waals surface area contributed by atoms with Crippen molar-refractivity contribution < 1.29 is 14.6 Å². The molecule has 1 fully saturated rings. The molecule has 1 rings (SSSR count). The lowest BCUT2D eigenvalue weighted by Crippen LogP contribution is -2.42. The Balaban J connectivity index is 2.46. The van der Waals surface area contributed by atoms with Crippen LogP contribution in [0.3, 0.4) is 0 Å². The second-order valence-corrected chi connectivity index (χ2v) is 5.31. The van der Waals surface area contributed by atoms with Crippen LogP contribution in [0.5, 0.6) is 0 Å². The van der Waals surface area contributed by atoms with Gasteiger partial charge in [0.05, 0.1) is 6.61 Å². The summed E-state index contributed by atoms with van der Waals surface area (Å²) in [6, 6.07) is 0. The average molecular weight is 229 g/mol. The van der Waals surface area contributed by atoms with Crippen LogP contribution in [0.2, 0.25) is 0 Å². The summed E-state index contributed by atoms with van der Waals surface area (Å²) in [5, 5.41) is 9.28. The van der Waals surface area contributed by atoms with Gasteiger partial charge in [0.25, 0.3) is 0 Å². The van der Waals surface area contributed by atoms with E-state index in [-0.39, 0.29) is 0 Å². The summed E-state index contributed by atoms with van der Waals surface area (Å²) in [7, 11) is 1.99. The molecule has 0 aliphatic carbocycles. The number of ether oxygens (including phenoxy) is 1. The second-order valence-electron chi connectivity index (χ2n) is 5.31. The van der Waals surface area contributed by atoms with Gasteiger partial charge in [-0.3, -0.25) is 4.79 Å². The Morgan fingerprint density at radius 1 is 1.56 bits per heavy atom. The van der Waals surface area contributed by atoms with Crippen molar-refractivity contribution in [1.82, 2.24) is 4.90 Å². The Bertz CT molecular complexity index is 234. The highest BCUT2D eigenvalue weighted by Crippen LogP contribution is 2.29. The van der Waals surface area contributed by atoms with Crippen molar-refractivity contribution >= 4 is 5.97 Å². The molecule has 0 spiro atoms. The average Bonchev–Trinajstić information content (AvgIpc) is 2.64. The Morgan fingerprint density at radius 3 is 2.69 bits per heavy atom. The number of carbonyl (C=O) groups is 1. The fourth-order valence-electron chi connectivity index (χ4n) is 2.04. The number of hydrogen-bond donors (Lipinski definition) is 1. The lowest BCUT2D eigenvalue weighted by molar-refractivity contribution is -0.150. The zero-order valence-corrected chi connectivity index (χ0v) is 10.5. The molecule has 1 aliphatic heterocycles. The standard InChI is InChI=1S/C12H23NO3/c1-10(2)4-6-13(3)8-12(11(14)15)5-7-16-9-12/h10H,4-9H2,1-3H3,(H,14,15). The van der Waals surface area contributed by atoms with Crippen LogP contribution in [0.4, 0.5) is 0 Å². The molecule has 16 heavy (non-hydrogen) atoms. The van der Waals surface area contributed by atoms with Gasteiger partial charge in [0.2, 0.25) is 0 Å². The third-order valence-corrected chi connectivity index (χ3v) is 3.22. The first kappa shape index (κ1) is 13.5. The Morgan fingerprint density at radius 2 is 2.25 bits per heavy atom. The van der Waals surface area contributed by atoms with Gasteiger partial charge in [0.15, 0.2) is 0 Å². The number of nitrogens with zero attached hydrogens (tertiary/aromatic N) is 1. The van der Waals surface area contributed by atoms with Gasteiger partial charge in [-0.2, -0.15) is 0 Å². The third kappa shape index (κ3) is 3.46. The van der Waals surface area contributed by atoms with Gasteiger partial charge in [0.1, 0.15) is 5.41 Å². The minimum Gasteiger partial charge on any atom is -0.481 e. The molecule has 0 radical (unpaired) electrons. The number of hydrogen-bond acceptors (Lipinski definition) is 3. The fourth-order valence-corrected chi connectivity index (χ4v) is 2.04. The van der Waals surface area contributed by atoms with E-state index in [2.05, 4.69) is 18.7 Å². The third-order valence-electron chi connectivity index (χ3n) is 3.22. The molecule has 1 saturated heterocycles. The first-order chi connectivity index (χ1) is 7.46. The van der Waals surface area contributed by atoms with Gasteiger partial charge in [0, 0.05) is 13.2 Å². The predicted molar refractivity (Wildman–Crippen MR) is 62.5 cm³/mol. The number of carboxylic acid groups (broad SMARTS) is 1. The van der Waals surface area contributed by atoms with E-state index >= 15 is 0 Å². The van der Waals surface area contributed by atoms with Crippen molar-refractivity contribution in [2.75, 3.05) is 33.4 Å². The molecule has 0 aromatic carbocycles. The normalized spacial score (nSPS) is 25.6. The van der Waals surface area contributed by atoms with Crippen molar-refractivity contribution in [2.45, 2.75) is 26.7 Å². The van der Waals surface area contributed by atoms with Gasteiger partial charge in [-0.25, -0.2) is 0 Å². The molecule has 1 aliphatic rings. The molecule has 4 heteroatoms. The lowest BCUT2D eigenvalue weighted by Gasteiger charge is -2.28. The van der Waals surface area contributed by atoms with E-state index in [0.29, 0.717) is 32.1 Å². The Labute approximate surface area is 97.6 Å². The highest BCUT2D eigenvalue weighted by Gasteiger charge is 2.43. The topological polar surface area (TPSA) is 49.8 Å². The maximum absolute atomic E-state index is 11.3. The van der Waals surface area contributed by atoms with Crippen LogP contribution in [0, 0.1) is 11.3 Å². The molecule has 1 heterocycles. The molecule has 1 atom stereocenters. The predicted octanol–water partition coefficient (Wildman–Crippen LogP) is 1.46. The van der Waals surface area contributed by atoms with E-state index in [0.717, 1.165) is 13.0 Å². The van der Waals surface area contributed by atoms with Crippen LogP contribution in [0.1, 0.15) is 26.7 Å². The molecule has 1 N–H and O–H groups in total. The smallest absolute Gasteiger partial charge is 0.313 e. The first-order valence-electron chi connectivity index (χ1n) is 5.96. The Kier molecular flexibility index (Phi) is 4.74. The zero-order valence-electron chi connectivity index (χ0n) is 10.5. The molecule has 0 saturated carbocycles. The molecule has 1 unspecified atom stereocenters. The summed E-state index contributed by atoms with van der Waals surface area (Å²) in [6.07, 6.45) is 1.74. The largest absolute Gasteiger partial charge is 0.481 e. The van der Waals surface area contributed by atoms with Crippen LogP contribution in [0.15, 0.2) is 0 Å². The molecular weight excluding hydrogens is 206 g/mol. The molecular formula is C12H23NO3. The number of rotatable bonds is 6. The van der Waals surface area contributed by atoms with Crippen molar-refractivity contribution in [3.63, 3.8) is 0 Å². The van der Waals surface area contributed by atoms with Crippen molar-refractivity contribution in [3.8, 4) is 0 Å².